The zero-order valence-electron chi connectivity index (χ0n) is 29.1. The fourth-order valence-corrected chi connectivity index (χ4v) is 8.67. The molecule has 0 N–H and O–H groups in total. The first-order chi connectivity index (χ1) is 26.7. The monoisotopic (exact) mass is 686 g/mol. The minimum absolute atomic E-state index is 0.815. The van der Waals surface area contributed by atoms with E-state index in [4.69, 9.17) is 9.97 Å². The number of nitrogens with zero attached hydrogens (tertiary/aromatic N) is 4. The van der Waals surface area contributed by atoms with Crippen LogP contribution in [-0.4, -0.2) is 19.1 Å². The highest BCUT2D eigenvalue weighted by molar-refractivity contribution is 6.16. The molecule has 0 amide bonds. The lowest BCUT2D eigenvalue weighted by atomic mass is 10.0. The summed E-state index contributed by atoms with van der Waals surface area (Å²) in [6.45, 7) is 0. The van der Waals surface area contributed by atoms with E-state index in [1.54, 1.807) is 0 Å². The molecule has 0 unspecified atom stereocenters. The van der Waals surface area contributed by atoms with Crippen LogP contribution >= 0.6 is 0 Å². The minimum atomic E-state index is 0.815. The number of benzene rings is 9. The summed E-state index contributed by atoms with van der Waals surface area (Å²) < 4.78 is 4.77. The normalized spacial score (nSPS) is 12.1. The summed E-state index contributed by atoms with van der Waals surface area (Å²) in [6.07, 6.45) is 0. The van der Waals surface area contributed by atoms with Crippen LogP contribution in [0.5, 0.6) is 0 Å². The lowest BCUT2D eigenvalue weighted by Crippen LogP contribution is -2.04. The van der Waals surface area contributed by atoms with Gasteiger partial charge in [-0.1, -0.05) is 115 Å². The molecule has 0 aliphatic heterocycles. The maximum absolute atomic E-state index is 5.43. The number of rotatable bonds is 3. The van der Waals surface area contributed by atoms with Crippen LogP contribution in [0, 0.1) is 0 Å². The lowest BCUT2D eigenvalue weighted by Gasteiger charge is -2.15. The Bertz CT molecular complexity index is 3510. The van der Waals surface area contributed by atoms with Crippen LogP contribution in [-0.2, 0) is 0 Å². The third kappa shape index (κ3) is 4.25. The second-order valence-electron chi connectivity index (χ2n) is 14.3. The quantitative estimate of drug-likeness (QED) is 0.185. The summed E-state index contributed by atoms with van der Waals surface area (Å²) in [5.41, 5.74) is 9.31. The Morgan fingerprint density at radius 3 is 1.56 bits per heavy atom. The molecule has 250 valence electrons. The third-order valence-electron chi connectivity index (χ3n) is 11.2. The molecule has 54 heavy (non-hydrogen) atoms. The predicted octanol–water partition coefficient (Wildman–Crippen LogP) is 13.0. The van der Waals surface area contributed by atoms with Crippen molar-refractivity contribution in [2.75, 3.05) is 0 Å². The number of para-hydroxylation sites is 3. The summed E-state index contributed by atoms with van der Waals surface area (Å²) in [4.78, 5) is 10.8. The van der Waals surface area contributed by atoms with E-state index in [0.29, 0.717) is 0 Å². The summed E-state index contributed by atoms with van der Waals surface area (Å²) in [5.74, 6) is 0.815. The van der Waals surface area contributed by atoms with Crippen molar-refractivity contribution in [1.29, 1.82) is 0 Å². The average Bonchev–Trinajstić information content (AvgIpc) is 3.72. The van der Waals surface area contributed by atoms with Gasteiger partial charge in [0.05, 0.1) is 33.1 Å². The van der Waals surface area contributed by atoms with Crippen LogP contribution in [0.2, 0.25) is 0 Å². The van der Waals surface area contributed by atoms with Gasteiger partial charge in [0.1, 0.15) is 5.69 Å². The maximum Gasteiger partial charge on any atom is 0.165 e. The van der Waals surface area contributed by atoms with Crippen molar-refractivity contribution in [3.63, 3.8) is 0 Å². The van der Waals surface area contributed by atoms with E-state index < -0.39 is 0 Å². The molecule has 9 aromatic carbocycles. The standard InChI is InChI=1S/C50H30N4/c1-2-12-32-25-37(22-21-31(32)11-1)49-50(52-44-19-9-8-18-43(44)51-49)54-46-24-23-38(30-42(46)41-27-34-14-4-6-16-36(34)29-48(41)54)53-45-20-10-7-17-39(45)40-26-33-13-3-5-15-35(33)28-47(40)53/h1-30H. The molecule has 0 radical (unpaired) electrons. The summed E-state index contributed by atoms with van der Waals surface area (Å²) in [6, 6.07) is 65.6. The van der Waals surface area contributed by atoms with E-state index >= 15 is 0 Å². The Kier molecular flexibility index (Phi) is 6.02. The fraction of sp³-hybridized carbons (Fsp3) is 0. The van der Waals surface area contributed by atoms with Gasteiger partial charge in [-0.05, 0) is 99.0 Å². The number of aromatic nitrogens is 4. The number of hydrogen-bond acceptors (Lipinski definition) is 2. The Morgan fingerprint density at radius 2 is 0.833 bits per heavy atom. The molecule has 3 aromatic heterocycles. The predicted molar refractivity (Wildman–Crippen MR) is 226 cm³/mol. The lowest BCUT2D eigenvalue weighted by molar-refractivity contribution is 1.08. The molecule has 0 saturated carbocycles. The van der Waals surface area contributed by atoms with Gasteiger partial charge in [-0.25, -0.2) is 9.97 Å². The Morgan fingerprint density at radius 1 is 0.315 bits per heavy atom. The van der Waals surface area contributed by atoms with Crippen LogP contribution in [0.25, 0.3) is 110 Å². The van der Waals surface area contributed by atoms with Crippen LogP contribution in [0.15, 0.2) is 182 Å². The van der Waals surface area contributed by atoms with E-state index in [9.17, 15) is 0 Å². The molecule has 12 rings (SSSR count). The topological polar surface area (TPSA) is 35.6 Å². The fourth-order valence-electron chi connectivity index (χ4n) is 8.67. The summed E-state index contributed by atoms with van der Waals surface area (Å²) in [7, 11) is 0. The molecule has 0 spiro atoms. The summed E-state index contributed by atoms with van der Waals surface area (Å²) >= 11 is 0. The van der Waals surface area contributed by atoms with E-state index in [1.807, 2.05) is 12.1 Å². The molecule has 0 aliphatic rings. The van der Waals surface area contributed by atoms with Crippen LogP contribution in [0.3, 0.4) is 0 Å². The Labute approximate surface area is 309 Å². The molecular weight excluding hydrogens is 657 g/mol. The second kappa shape index (κ2) is 11.1. The molecule has 0 aliphatic carbocycles. The molecule has 0 atom stereocenters. The van der Waals surface area contributed by atoms with Gasteiger partial charge in [-0.15, -0.1) is 0 Å². The zero-order valence-corrected chi connectivity index (χ0v) is 29.1. The van der Waals surface area contributed by atoms with E-state index in [1.165, 1.54) is 64.9 Å². The first kappa shape index (κ1) is 29.3. The van der Waals surface area contributed by atoms with Crippen molar-refractivity contribution in [2.24, 2.45) is 0 Å². The van der Waals surface area contributed by atoms with Crippen molar-refractivity contribution in [2.45, 2.75) is 0 Å². The molecule has 0 saturated heterocycles. The van der Waals surface area contributed by atoms with Gasteiger partial charge in [-0.3, -0.25) is 4.57 Å². The molecule has 4 nitrogen and oxygen atoms in total. The van der Waals surface area contributed by atoms with Crippen molar-refractivity contribution in [3.8, 4) is 22.8 Å². The first-order valence-electron chi connectivity index (χ1n) is 18.4. The molecule has 4 heteroatoms. The van der Waals surface area contributed by atoms with Gasteiger partial charge in [0.25, 0.3) is 0 Å². The minimum Gasteiger partial charge on any atom is -0.309 e. The highest BCUT2D eigenvalue weighted by Gasteiger charge is 2.22. The van der Waals surface area contributed by atoms with Crippen molar-refractivity contribution in [3.05, 3.63) is 182 Å². The average molecular weight is 687 g/mol. The maximum atomic E-state index is 5.43. The molecule has 0 fully saturated rings. The number of hydrogen-bond donors (Lipinski definition) is 0. The molecular formula is C50H30N4. The number of fused-ring (bicyclic) bond motifs is 10. The smallest absolute Gasteiger partial charge is 0.165 e. The van der Waals surface area contributed by atoms with Crippen LogP contribution in [0.1, 0.15) is 0 Å². The highest BCUT2D eigenvalue weighted by Crippen LogP contribution is 2.41. The van der Waals surface area contributed by atoms with E-state index in [2.05, 4.69) is 179 Å². The highest BCUT2D eigenvalue weighted by atomic mass is 15.1. The van der Waals surface area contributed by atoms with E-state index in [0.717, 1.165) is 44.8 Å². The zero-order chi connectivity index (χ0) is 35.3. The Balaban J connectivity index is 1.19. The van der Waals surface area contributed by atoms with Gasteiger partial charge < -0.3 is 4.57 Å². The second-order valence-corrected chi connectivity index (χ2v) is 14.3. The molecule has 0 bridgehead atoms. The van der Waals surface area contributed by atoms with Crippen molar-refractivity contribution < 1.29 is 0 Å². The first-order valence-corrected chi connectivity index (χ1v) is 18.4. The molecule has 3 heterocycles. The van der Waals surface area contributed by atoms with Crippen molar-refractivity contribution in [1.82, 2.24) is 19.1 Å². The SMILES string of the molecule is c1ccc2cc(-c3nc4ccccc4nc3-n3c4ccc(-n5c6ccccc6c6cc7ccccc7cc65)cc4c4cc5ccccc5cc43)ccc2c1. The van der Waals surface area contributed by atoms with Gasteiger partial charge in [0.15, 0.2) is 5.82 Å². The van der Waals surface area contributed by atoms with Gasteiger partial charge >= 0.3 is 0 Å². The van der Waals surface area contributed by atoms with Gasteiger partial charge in [0, 0.05) is 32.8 Å². The summed E-state index contributed by atoms with van der Waals surface area (Å²) in [5, 5.41) is 12.1. The third-order valence-corrected chi connectivity index (χ3v) is 11.2. The molecule has 12 aromatic rings. The van der Waals surface area contributed by atoms with Gasteiger partial charge in [0.2, 0.25) is 0 Å². The van der Waals surface area contributed by atoms with Crippen LogP contribution in [0.4, 0.5) is 0 Å². The van der Waals surface area contributed by atoms with Crippen molar-refractivity contribution >= 4 is 87.0 Å². The van der Waals surface area contributed by atoms with Crippen LogP contribution < -0.4 is 0 Å². The Hall–Kier alpha value is -7.30. The van der Waals surface area contributed by atoms with Gasteiger partial charge in [-0.2, -0.15) is 0 Å². The largest absolute Gasteiger partial charge is 0.309 e. The van der Waals surface area contributed by atoms with E-state index in [-0.39, 0.29) is 0 Å².